The van der Waals surface area contributed by atoms with Gasteiger partial charge in [-0.15, -0.1) is 0 Å². The van der Waals surface area contributed by atoms with E-state index >= 15 is 0 Å². The fraction of sp³-hybridized carbons (Fsp3) is 0.917. The summed E-state index contributed by atoms with van der Waals surface area (Å²) in [7, 11) is 1.69. The van der Waals surface area contributed by atoms with Crippen LogP contribution in [0.1, 0.15) is 44.9 Å². The molecule has 0 aromatic rings. The zero-order valence-electron chi connectivity index (χ0n) is 9.72. The van der Waals surface area contributed by atoms with Gasteiger partial charge in [-0.2, -0.15) is 5.26 Å². The van der Waals surface area contributed by atoms with Gasteiger partial charge < -0.3 is 4.74 Å². The molecule has 0 aliphatic heterocycles. The maximum Gasteiger partial charge on any atom is 0.106 e. The monoisotopic (exact) mass is 210 g/mol. The molecule has 3 nitrogen and oxygen atoms in total. The molecule has 1 aliphatic rings. The lowest BCUT2D eigenvalue weighted by molar-refractivity contribution is 0.185. The second kappa shape index (κ2) is 6.81. The van der Waals surface area contributed by atoms with Crippen LogP contribution in [-0.2, 0) is 4.74 Å². The van der Waals surface area contributed by atoms with Crippen molar-refractivity contribution < 1.29 is 4.74 Å². The second-order valence-corrected chi connectivity index (χ2v) is 4.38. The number of nitrogens with zero attached hydrogens (tertiary/aromatic N) is 1. The molecule has 0 atom stereocenters. The molecular formula is C12H22N2O. The Kier molecular flexibility index (Phi) is 5.67. The van der Waals surface area contributed by atoms with Crippen molar-refractivity contribution in [2.75, 3.05) is 20.3 Å². The molecule has 1 fully saturated rings. The summed E-state index contributed by atoms with van der Waals surface area (Å²) in [5.74, 6) is 0. The second-order valence-electron chi connectivity index (χ2n) is 4.38. The number of nitrogens with one attached hydrogen (secondary N) is 1. The fourth-order valence-corrected chi connectivity index (χ4v) is 2.23. The molecule has 15 heavy (non-hydrogen) atoms. The third kappa shape index (κ3) is 4.19. The molecule has 0 radical (unpaired) electrons. The van der Waals surface area contributed by atoms with Crippen LogP contribution < -0.4 is 5.32 Å². The molecule has 0 unspecified atom stereocenters. The molecule has 3 heteroatoms. The van der Waals surface area contributed by atoms with Gasteiger partial charge in [0.25, 0.3) is 0 Å². The average Bonchev–Trinajstić information content (AvgIpc) is 2.22. The van der Waals surface area contributed by atoms with Gasteiger partial charge in [-0.05, 0) is 12.8 Å². The standard InChI is InChI=1S/C12H22N2O/c1-15-10-9-14-12(11-13)7-5-3-2-4-6-8-12/h14H,2-10H2,1H3. The highest BCUT2D eigenvalue weighted by atomic mass is 16.5. The van der Waals surface area contributed by atoms with Crippen molar-refractivity contribution in [1.82, 2.24) is 5.32 Å². The first-order chi connectivity index (χ1) is 7.33. The van der Waals surface area contributed by atoms with Crippen molar-refractivity contribution in [2.24, 2.45) is 0 Å². The largest absolute Gasteiger partial charge is 0.383 e. The van der Waals surface area contributed by atoms with Gasteiger partial charge in [-0.1, -0.05) is 32.1 Å². The summed E-state index contributed by atoms with van der Waals surface area (Å²) in [6.45, 7) is 1.47. The molecule has 0 saturated heterocycles. The van der Waals surface area contributed by atoms with E-state index in [1.807, 2.05) is 0 Å². The SMILES string of the molecule is COCCNC1(C#N)CCCCCCC1. The van der Waals surface area contributed by atoms with Crippen LogP contribution >= 0.6 is 0 Å². The first-order valence-corrected chi connectivity index (χ1v) is 5.98. The van der Waals surface area contributed by atoms with Crippen molar-refractivity contribution in [3.8, 4) is 6.07 Å². The molecule has 86 valence electrons. The number of hydrogen-bond donors (Lipinski definition) is 1. The van der Waals surface area contributed by atoms with E-state index in [2.05, 4.69) is 11.4 Å². The van der Waals surface area contributed by atoms with E-state index < -0.39 is 0 Å². The molecule has 0 amide bonds. The Morgan fingerprint density at radius 1 is 1.20 bits per heavy atom. The lowest BCUT2D eigenvalue weighted by Gasteiger charge is -2.29. The van der Waals surface area contributed by atoms with Crippen LogP contribution in [0.25, 0.3) is 0 Å². The summed E-state index contributed by atoms with van der Waals surface area (Å²) < 4.78 is 5.01. The van der Waals surface area contributed by atoms with Crippen molar-refractivity contribution in [1.29, 1.82) is 5.26 Å². The summed E-state index contributed by atoms with van der Waals surface area (Å²) in [6.07, 6.45) is 8.21. The molecule has 0 heterocycles. The normalized spacial score (nSPS) is 21.3. The predicted molar refractivity (Wildman–Crippen MR) is 60.5 cm³/mol. The van der Waals surface area contributed by atoms with Gasteiger partial charge in [0, 0.05) is 13.7 Å². The first kappa shape index (κ1) is 12.5. The van der Waals surface area contributed by atoms with Gasteiger partial charge in [0.05, 0.1) is 12.7 Å². The summed E-state index contributed by atoms with van der Waals surface area (Å²) in [6, 6.07) is 2.48. The van der Waals surface area contributed by atoms with Gasteiger partial charge >= 0.3 is 0 Å². The highest BCUT2D eigenvalue weighted by Gasteiger charge is 2.28. The van der Waals surface area contributed by atoms with Crippen LogP contribution in [-0.4, -0.2) is 25.8 Å². The van der Waals surface area contributed by atoms with E-state index in [1.54, 1.807) is 7.11 Å². The molecule has 1 rings (SSSR count). The molecule has 0 aromatic carbocycles. The predicted octanol–water partition coefficient (Wildman–Crippen LogP) is 2.23. The van der Waals surface area contributed by atoms with E-state index in [9.17, 15) is 5.26 Å². The summed E-state index contributed by atoms with van der Waals surface area (Å²) in [4.78, 5) is 0. The minimum absolute atomic E-state index is 0.279. The number of hydrogen-bond acceptors (Lipinski definition) is 3. The van der Waals surface area contributed by atoms with E-state index in [4.69, 9.17) is 4.74 Å². The third-order valence-electron chi connectivity index (χ3n) is 3.19. The molecule has 0 spiro atoms. The van der Waals surface area contributed by atoms with Crippen LogP contribution in [0.2, 0.25) is 0 Å². The average molecular weight is 210 g/mol. The Labute approximate surface area is 92.8 Å². The summed E-state index contributed by atoms with van der Waals surface area (Å²) >= 11 is 0. The topological polar surface area (TPSA) is 45.0 Å². The Morgan fingerprint density at radius 2 is 1.80 bits per heavy atom. The maximum absolute atomic E-state index is 9.30. The number of rotatable bonds is 4. The lowest BCUT2D eigenvalue weighted by atomic mass is 9.85. The number of ether oxygens (including phenoxy) is 1. The molecule has 1 N–H and O–H groups in total. The van der Waals surface area contributed by atoms with Crippen molar-refractivity contribution >= 4 is 0 Å². The van der Waals surface area contributed by atoms with Crippen LogP contribution in [0.15, 0.2) is 0 Å². The highest BCUT2D eigenvalue weighted by Crippen LogP contribution is 2.25. The van der Waals surface area contributed by atoms with Gasteiger partial charge in [-0.3, -0.25) is 5.32 Å². The van der Waals surface area contributed by atoms with Crippen molar-refractivity contribution in [3.05, 3.63) is 0 Å². The third-order valence-corrected chi connectivity index (χ3v) is 3.19. The molecule has 0 aromatic heterocycles. The molecular weight excluding hydrogens is 188 g/mol. The van der Waals surface area contributed by atoms with Gasteiger partial charge in [0.1, 0.15) is 5.54 Å². The molecule has 1 saturated carbocycles. The van der Waals surface area contributed by atoms with Gasteiger partial charge in [0.15, 0.2) is 0 Å². The summed E-state index contributed by atoms with van der Waals surface area (Å²) in [5, 5.41) is 12.7. The zero-order valence-corrected chi connectivity index (χ0v) is 9.72. The van der Waals surface area contributed by atoms with E-state index in [1.165, 1.54) is 32.1 Å². The van der Waals surface area contributed by atoms with Gasteiger partial charge in [-0.25, -0.2) is 0 Å². The fourth-order valence-electron chi connectivity index (χ4n) is 2.23. The van der Waals surface area contributed by atoms with E-state index in [-0.39, 0.29) is 5.54 Å². The number of nitriles is 1. The lowest BCUT2D eigenvalue weighted by Crippen LogP contribution is -2.45. The zero-order chi connectivity index (χ0) is 11.0. The van der Waals surface area contributed by atoms with Crippen LogP contribution in [0.4, 0.5) is 0 Å². The Morgan fingerprint density at radius 3 is 2.33 bits per heavy atom. The smallest absolute Gasteiger partial charge is 0.106 e. The van der Waals surface area contributed by atoms with Crippen LogP contribution in [0, 0.1) is 11.3 Å². The van der Waals surface area contributed by atoms with E-state index in [0.717, 1.165) is 19.4 Å². The Bertz CT molecular complexity index is 202. The summed E-state index contributed by atoms with van der Waals surface area (Å²) in [5.41, 5.74) is -0.279. The van der Waals surface area contributed by atoms with E-state index in [0.29, 0.717) is 6.61 Å². The van der Waals surface area contributed by atoms with Crippen LogP contribution in [0.5, 0.6) is 0 Å². The van der Waals surface area contributed by atoms with Crippen LogP contribution in [0.3, 0.4) is 0 Å². The Balaban J connectivity index is 2.44. The molecule has 0 bridgehead atoms. The number of methoxy groups -OCH3 is 1. The van der Waals surface area contributed by atoms with Crippen molar-refractivity contribution in [3.63, 3.8) is 0 Å². The maximum atomic E-state index is 9.30. The molecule has 1 aliphatic carbocycles. The minimum atomic E-state index is -0.279. The minimum Gasteiger partial charge on any atom is -0.383 e. The highest BCUT2D eigenvalue weighted by molar-refractivity contribution is 5.07. The van der Waals surface area contributed by atoms with Gasteiger partial charge in [0.2, 0.25) is 0 Å². The Hall–Kier alpha value is -0.590. The quantitative estimate of drug-likeness (QED) is 0.724. The first-order valence-electron chi connectivity index (χ1n) is 5.98. The van der Waals surface area contributed by atoms with Crippen molar-refractivity contribution in [2.45, 2.75) is 50.5 Å².